The normalized spacial score (nSPS) is 11.9. The Hall–Kier alpha value is -2.29. The summed E-state index contributed by atoms with van der Waals surface area (Å²) in [4.78, 5) is 11.1. The van der Waals surface area contributed by atoms with E-state index in [1.807, 2.05) is 36.4 Å². The van der Waals surface area contributed by atoms with Gasteiger partial charge in [-0.2, -0.15) is 0 Å². The molecule has 24 heavy (non-hydrogen) atoms. The van der Waals surface area contributed by atoms with Crippen LogP contribution in [-0.2, 0) is 17.6 Å². The van der Waals surface area contributed by atoms with Gasteiger partial charge >= 0.3 is 6.16 Å². The van der Waals surface area contributed by atoms with Crippen LogP contribution in [-0.4, -0.2) is 11.3 Å². The fourth-order valence-corrected chi connectivity index (χ4v) is 2.98. The summed E-state index contributed by atoms with van der Waals surface area (Å²) in [7, 11) is 0. The summed E-state index contributed by atoms with van der Waals surface area (Å²) in [6.45, 7) is 2.16. The lowest BCUT2D eigenvalue weighted by Gasteiger charge is -2.19. The number of aryl methyl sites for hydroxylation is 2. The molecule has 2 aromatic rings. The predicted octanol–water partition coefficient (Wildman–Crippen LogP) is 5.79. The number of unbranched alkanes of at least 4 members (excludes halogenated alkanes) is 1. The van der Waals surface area contributed by atoms with Crippen molar-refractivity contribution in [2.45, 2.75) is 51.6 Å². The molecule has 0 aliphatic rings. The van der Waals surface area contributed by atoms with E-state index in [1.165, 1.54) is 11.1 Å². The minimum Gasteiger partial charge on any atom is -0.450 e. The summed E-state index contributed by atoms with van der Waals surface area (Å²) in [6.07, 6.45) is 4.11. The van der Waals surface area contributed by atoms with Crippen LogP contribution in [0.2, 0.25) is 0 Å². The molecule has 2 aromatic carbocycles. The van der Waals surface area contributed by atoms with E-state index in [4.69, 9.17) is 9.84 Å². The van der Waals surface area contributed by atoms with Gasteiger partial charge in [0.1, 0.15) is 6.10 Å². The van der Waals surface area contributed by atoms with Crippen molar-refractivity contribution in [3.05, 3.63) is 71.3 Å². The van der Waals surface area contributed by atoms with Crippen molar-refractivity contribution in [2.75, 3.05) is 0 Å². The Morgan fingerprint density at radius 3 is 2.42 bits per heavy atom. The number of carbonyl (C=O) groups is 1. The molecule has 0 amide bonds. The zero-order valence-electron chi connectivity index (χ0n) is 14.3. The molecule has 1 unspecified atom stereocenters. The van der Waals surface area contributed by atoms with Crippen molar-refractivity contribution in [1.82, 2.24) is 0 Å². The average Bonchev–Trinajstić information content (AvgIpc) is 2.60. The third-order valence-electron chi connectivity index (χ3n) is 4.22. The maximum atomic E-state index is 11.1. The quantitative estimate of drug-likeness (QED) is 0.593. The average molecular weight is 326 g/mol. The molecule has 0 fully saturated rings. The first-order chi connectivity index (χ1) is 11.7. The zero-order chi connectivity index (χ0) is 17.2. The van der Waals surface area contributed by atoms with Crippen LogP contribution in [0.5, 0.6) is 0 Å². The van der Waals surface area contributed by atoms with E-state index in [9.17, 15) is 4.79 Å². The van der Waals surface area contributed by atoms with Gasteiger partial charge in [0, 0.05) is 0 Å². The van der Waals surface area contributed by atoms with Crippen LogP contribution in [0.15, 0.2) is 54.6 Å². The highest BCUT2D eigenvalue weighted by Gasteiger charge is 2.19. The highest BCUT2D eigenvalue weighted by molar-refractivity contribution is 5.57. The van der Waals surface area contributed by atoms with Crippen LogP contribution in [0, 0.1) is 0 Å². The number of rotatable bonds is 9. The second-order valence-corrected chi connectivity index (χ2v) is 6.05. The molecule has 3 nitrogen and oxygen atoms in total. The third kappa shape index (κ3) is 5.73. The lowest BCUT2D eigenvalue weighted by Crippen LogP contribution is -2.12. The Bertz CT molecular complexity index is 622. The molecule has 0 spiro atoms. The van der Waals surface area contributed by atoms with Gasteiger partial charge in [0.25, 0.3) is 0 Å². The van der Waals surface area contributed by atoms with Gasteiger partial charge in [0.2, 0.25) is 0 Å². The lowest BCUT2D eigenvalue weighted by atomic mass is 9.94. The molecule has 1 N–H and O–H groups in total. The maximum Gasteiger partial charge on any atom is 0.506 e. The van der Waals surface area contributed by atoms with Crippen LogP contribution in [0.1, 0.15) is 55.4 Å². The first kappa shape index (κ1) is 18.1. The Morgan fingerprint density at radius 2 is 1.71 bits per heavy atom. The molecule has 0 radical (unpaired) electrons. The fourth-order valence-electron chi connectivity index (χ4n) is 2.98. The monoisotopic (exact) mass is 326 g/mol. The SMILES string of the molecule is CCCCc1ccccc1C(CCCc1ccccc1)OC(=O)O. The topological polar surface area (TPSA) is 46.5 Å². The van der Waals surface area contributed by atoms with Gasteiger partial charge in [-0.25, -0.2) is 4.79 Å². The molecule has 2 rings (SSSR count). The Balaban J connectivity index is 2.06. The molecule has 0 saturated heterocycles. The minimum absolute atomic E-state index is 0.390. The van der Waals surface area contributed by atoms with Crippen molar-refractivity contribution in [3.8, 4) is 0 Å². The smallest absolute Gasteiger partial charge is 0.450 e. The van der Waals surface area contributed by atoms with Crippen LogP contribution < -0.4 is 0 Å². The van der Waals surface area contributed by atoms with E-state index in [0.717, 1.165) is 37.7 Å². The van der Waals surface area contributed by atoms with Crippen LogP contribution in [0.25, 0.3) is 0 Å². The number of ether oxygens (including phenoxy) is 1. The van der Waals surface area contributed by atoms with Gasteiger partial charge in [-0.15, -0.1) is 0 Å². The van der Waals surface area contributed by atoms with E-state index in [1.54, 1.807) is 0 Å². The Labute approximate surface area is 144 Å². The van der Waals surface area contributed by atoms with E-state index in [2.05, 4.69) is 25.1 Å². The van der Waals surface area contributed by atoms with Gasteiger partial charge in [-0.3, -0.25) is 0 Å². The van der Waals surface area contributed by atoms with Gasteiger partial charge in [0.05, 0.1) is 0 Å². The predicted molar refractivity (Wildman–Crippen MR) is 96.3 cm³/mol. The molecule has 0 bridgehead atoms. The van der Waals surface area contributed by atoms with Crippen LogP contribution in [0.3, 0.4) is 0 Å². The molecule has 128 valence electrons. The second-order valence-electron chi connectivity index (χ2n) is 6.05. The van der Waals surface area contributed by atoms with Gasteiger partial charge in [-0.1, -0.05) is 67.9 Å². The molecule has 0 saturated carbocycles. The summed E-state index contributed by atoms with van der Waals surface area (Å²) in [5, 5.41) is 9.11. The van der Waals surface area contributed by atoms with Gasteiger partial charge in [-0.05, 0) is 48.8 Å². The van der Waals surface area contributed by atoms with Crippen molar-refractivity contribution in [1.29, 1.82) is 0 Å². The maximum absolute atomic E-state index is 11.1. The molecule has 3 heteroatoms. The highest BCUT2D eigenvalue weighted by atomic mass is 16.7. The third-order valence-corrected chi connectivity index (χ3v) is 4.22. The van der Waals surface area contributed by atoms with Crippen molar-refractivity contribution < 1.29 is 14.6 Å². The molecule has 0 aliphatic heterocycles. The van der Waals surface area contributed by atoms with E-state index < -0.39 is 6.16 Å². The van der Waals surface area contributed by atoms with Crippen molar-refractivity contribution in [2.24, 2.45) is 0 Å². The zero-order valence-corrected chi connectivity index (χ0v) is 14.3. The largest absolute Gasteiger partial charge is 0.506 e. The number of benzene rings is 2. The van der Waals surface area contributed by atoms with Crippen LogP contribution in [0.4, 0.5) is 4.79 Å². The van der Waals surface area contributed by atoms with Crippen molar-refractivity contribution in [3.63, 3.8) is 0 Å². The van der Waals surface area contributed by atoms with E-state index in [-0.39, 0.29) is 6.10 Å². The highest BCUT2D eigenvalue weighted by Crippen LogP contribution is 2.28. The minimum atomic E-state index is -1.20. The summed E-state index contributed by atoms with van der Waals surface area (Å²) in [5.74, 6) is 0. The van der Waals surface area contributed by atoms with E-state index in [0.29, 0.717) is 6.42 Å². The second kappa shape index (κ2) is 9.76. The molecule has 0 aromatic heterocycles. The molecular formula is C21H26O3. The first-order valence-electron chi connectivity index (χ1n) is 8.72. The molecule has 0 aliphatic carbocycles. The number of hydrogen-bond acceptors (Lipinski definition) is 2. The summed E-state index contributed by atoms with van der Waals surface area (Å²) in [6, 6.07) is 18.3. The van der Waals surface area contributed by atoms with Gasteiger partial charge in [0.15, 0.2) is 0 Å². The Morgan fingerprint density at radius 1 is 1.00 bits per heavy atom. The Kier molecular flexibility index (Phi) is 7.34. The lowest BCUT2D eigenvalue weighted by molar-refractivity contribution is 0.0464. The number of hydrogen-bond donors (Lipinski definition) is 1. The summed E-state index contributed by atoms with van der Waals surface area (Å²) in [5.41, 5.74) is 3.48. The van der Waals surface area contributed by atoms with E-state index >= 15 is 0 Å². The standard InChI is InChI=1S/C21H26O3/c1-2-3-13-18-14-7-8-15-19(18)20(24-21(22)23)16-9-12-17-10-5-4-6-11-17/h4-8,10-11,14-15,20H,2-3,9,12-13,16H2,1H3,(H,22,23). The summed E-state index contributed by atoms with van der Waals surface area (Å²) < 4.78 is 5.21. The van der Waals surface area contributed by atoms with Crippen molar-refractivity contribution >= 4 is 6.16 Å². The van der Waals surface area contributed by atoms with Gasteiger partial charge < -0.3 is 9.84 Å². The number of carboxylic acid groups (broad SMARTS) is 1. The van der Waals surface area contributed by atoms with Crippen LogP contribution >= 0.6 is 0 Å². The molecular weight excluding hydrogens is 300 g/mol. The molecule has 0 heterocycles. The summed E-state index contributed by atoms with van der Waals surface area (Å²) >= 11 is 0. The molecule has 1 atom stereocenters. The first-order valence-corrected chi connectivity index (χ1v) is 8.72. The fraction of sp³-hybridized carbons (Fsp3) is 0.381.